The molecule has 1 aromatic heterocycles. The van der Waals surface area contributed by atoms with Gasteiger partial charge in [0.2, 0.25) is 5.91 Å². The van der Waals surface area contributed by atoms with Gasteiger partial charge in [0.25, 0.3) is 5.91 Å². The number of nitrogens with one attached hydrogen (secondary N) is 1. The maximum absolute atomic E-state index is 12.6. The number of thiophene rings is 1. The largest absolute Gasteiger partial charge is 0.348 e. The highest BCUT2D eigenvalue weighted by Gasteiger charge is 2.18. The summed E-state index contributed by atoms with van der Waals surface area (Å²) in [5.41, 5.74) is 1.63. The lowest BCUT2D eigenvalue weighted by molar-refractivity contribution is -0.116. The molecule has 0 aliphatic carbocycles. The van der Waals surface area contributed by atoms with Crippen molar-refractivity contribution in [2.45, 2.75) is 32.7 Å². The van der Waals surface area contributed by atoms with Gasteiger partial charge in [-0.15, -0.1) is 11.3 Å². The molecule has 3 rings (SSSR count). The number of piperidine rings is 1. The molecule has 0 spiro atoms. The van der Waals surface area contributed by atoms with Gasteiger partial charge in [-0.05, 0) is 62.1 Å². The summed E-state index contributed by atoms with van der Waals surface area (Å²) in [5, 5.41) is 2.88. The fourth-order valence-corrected chi connectivity index (χ4v) is 3.82. The van der Waals surface area contributed by atoms with Crippen LogP contribution in [0.15, 0.2) is 42.5 Å². The normalized spacial score (nSPS) is 14.6. The highest BCUT2D eigenvalue weighted by Crippen LogP contribution is 2.16. The fraction of sp³-hybridized carbons (Fsp3) is 0.333. The quantitative estimate of drug-likeness (QED) is 0.811. The lowest BCUT2D eigenvalue weighted by Crippen LogP contribution is -2.35. The number of carbonyl (C=O) groups is 2. The number of likely N-dealkylation sites (tertiary alicyclic amines) is 1. The summed E-state index contributed by atoms with van der Waals surface area (Å²) in [6.07, 6.45) is 6.74. The molecule has 0 bridgehead atoms. The summed E-state index contributed by atoms with van der Waals surface area (Å²) < 4.78 is 0. The summed E-state index contributed by atoms with van der Waals surface area (Å²) >= 11 is 1.65. The topological polar surface area (TPSA) is 49.4 Å². The third-order valence-corrected chi connectivity index (χ3v) is 5.41. The second-order valence-corrected chi connectivity index (χ2v) is 7.87. The zero-order valence-corrected chi connectivity index (χ0v) is 15.8. The van der Waals surface area contributed by atoms with E-state index in [0.717, 1.165) is 36.4 Å². The minimum absolute atomic E-state index is 0.0887. The molecule has 0 saturated carbocycles. The van der Waals surface area contributed by atoms with Gasteiger partial charge in [0.1, 0.15) is 0 Å². The predicted octanol–water partition coefficient (Wildman–Crippen LogP) is 4.01. The van der Waals surface area contributed by atoms with E-state index in [1.807, 2.05) is 54.3 Å². The zero-order chi connectivity index (χ0) is 18.4. The van der Waals surface area contributed by atoms with Gasteiger partial charge in [-0.2, -0.15) is 0 Å². The monoisotopic (exact) mass is 368 g/mol. The van der Waals surface area contributed by atoms with Crippen molar-refractivity contribution in [1.82, 2.24) is 10.2 Å². The van der Waals surface area contributed by atoms with Crippen LogP contribution in [0.2, 0.25) is 0 Å². The van der Waals surface area contributed by atoms with Crippen LogP contribution < -0.4 is 5.32 Å². The molecule has 2 amide bonds. The van der Waals surface area contributed by atoms with Crippen LogP contribution in [-0.2, 0) is 11.3 Å². The van der Waals surface area contributed by atoms with Crippen molar-refractivity contribution in [3.05, 3.63) is 63.4 Å². The molecule has 1 fully saturated rings. The van der Waals surface area contributed by atoms with Gasteiger partial charge in [0.05, 0.1) is 0 Å². The maximum Gasteiger partial charge on any atom is 0.253 e. The van der Waals surface area contributed by atoms with Crippen molar-refractivity contribution in [3.8, 4) is 0 Å². The number of benzene rings is 1. The Balaban J connectivity index is 1.55. The van der Waals surface area contributed by atoms with E-state index in [0.29, 0.717) is 12.1 Å². The van der Waals surface area contributed by atoms with Gasteiger partial charge < -0.3 is 10.2 Å². The molecule has 1 aliphatic rings. The fourth-order valence-electron chi connectivity index (χ4n) is 3.04. The molecule has 4 nitrogen and oxygen atoms in total. The maximum atomic E-state index is 12.6. The minimum atomic E-state index is -0.135. The molecule has 0 radical (unpaired) electrons. The molecule has 2 aromatic rings. The van der Waals surface area contributed by atoms with Crippen LogP contribution in [0.1, 0.15) is 44.9 Å². The second-order valence-electron chi connectivity index (χ2n) is 6.55. The number of rotatable bonds is 5. The molecular weight excluding hydrogens is 344 g/mol. The van der Waals surface area contributed by atoms with Crippen molar-refractivity contribution in [1.29, 1.82) is 0 Å². The molecular formula is C21H24N2O2S. The highest BCUT2D eigenvalue weighted by atomic mass is 32.1. The Bertz CT molecular complexity index is 804. The molecule has 1 aliphatic heterocycles. The summed E-state index contributed by atoms with van der Waals surface area (Å²) in [7, 11) is 0. The molecule has 5 heteroatoms. The van der Waals surface area contributed by atoms with Crippen molar-refractivity contribution in [2.24, 2.45) is 0 Å². The molecule has 1 aromatic carbocycles. The second kappa shape index (κ2) is 8.81. The first-order valence-corrected chi connectivity index (χ1v) is 9.84. The molecule has 136 valence electrons. The van der Waals surface area contributed by atoms with Crippen LogP contribution in [0.5, 0.6) is 0 Å². The summed E-state index contributed by atoms with van der Waals surface area (Å²) in [6, 6.07) is 11.6. The van der Waals surface area contributed by atoms with Gasteiger partial charge in [-0.1, -0.05) is 12.1 Å². The van der Waals surface area contributed by atoms with Crippen LogP contribution in [0, 0.1) is 6.92 Å². The average molecular weight is 369 g/mol. The van der Waals surface area contributed by atoms with Gasteiger partial charge in [0, 0.05) is 41.0 Å². The van der Waals surface area contributed by atoms with E-state index in [2.05, 4.69) is 5.32 Å². The standard InChI is InChI=1S/C21H24N2O2S/c1-16-8-9-19(26-16)10-11-20(24)22-15-17-6-5-7-18(14-17)21(25)23-12-3-2-4-13-23/h5-11,14H,2-4,12-13,15H2,1H3,(H,22,24). The average Bonchev–Trinajstić information content (AvgIpc) is 3.10. The first-order chi connectivity index (χ1) is 12.6. The number of hydrogen-bond acceptors (Lipinski definition) is 3. The molecule has 26 heavy (non-hydrogen) atoms. The van der Waals surface area contributed by atoms with Crippen molar-refractivity contribution in [3.63, 3.8) is 0 Å². The van der Waals surface area contributed by atoms with E-state index in [1.165, 1.54) is 11.3 Å². The third-order valence-electron chi connectivity index (χ3n) is 4.44. The smallest absolute Gasteiger partial charge is 0.253 e. The minimum Gasteiger partial charge on any atom is -0.348 e. The Morgan fingerprint density at radius 3 is 2.69 bits per heavy atom. The third kappa shape index (κ3) is 5.05. The Labute approximate surface area is 158 Å². The van der Waals surface area contributed by atoms with Gasteiger partial charge >= 0.3 is 0 Å². The highest BCUT2D eigenvalue weighted by molar-refractivity contribution is 7.12. The summed E-state index contributed by atoms with van der Waals surface area (Å²) in [6.45, 7) is 4.13. The van der Waals surface area contributed by atoms with E-state index < -0.39 is 0 Å². The Hall–Kier alpha value is -2.40. The van der Waals surface area contributed by atoms with Crippen LogP contribution >= 0.6 is 11.3 Å². The van der Waals surface area contributed by atoms with E-state index in [9.17, 15) is 9.59 Å². The van der Waals surface area contributed by atoms with E-state index in [1.54, 1.807) is 17.4 Å². The Morgan fingerprint density at radius 2 is 1.96 bits per heavy atom. The lowest BCUT2D eigenvalue weighted by Gasteiger charge is -2.26. The van der Waals surface area contributed by atoms with Crippen molar-refractivity contribution in [2.75, 3.05) is 13.1 Å². The van der Waals surface area contributed by atoms with Crippen LogP contribution in [-0.4, -0.2) is 29.8 Å². The summed E-state index contributed by atoms with van der Waals surface area (Å²) in [4.78, 5) is 28.8. The molecule has 2 heterocycles. The Morgan fingerprint density at radius 1 is 1.15 bits per heavy atom. The Kier molecular flexibility index (Phi) is 6.23. The van der Waals surface area contributed by atoms with Gasteiger partial charge in [-0.3, -0.25) is 9.59 Å². The number of amides is 2. The molecule has 1 saturated heterocycles. The molecule has 1 N–H and O–H groups in total. The first kappa shape index (κ1) is 18.4. The molecule has 0 unspecified atom stereocenters. The van der Waals surface area contributed by atoms with E-state index in [-0.39, 0.29) is 11.8 Å². The van der Waals surface area contributed by atoms with E-state index in [4.69, 9.17) is 0 Å². The van der Waals surface area contributed by atoms with Crippen LogP contribution in [0.25, 0.3) is 6.08 Å². The van der Waals surface area contributed by atoms with Crippen molar-refractivity contribution >= 4 is 29.2 Å². The number of carbonyl (C=O) groups excluding carboxylic acids is 2. The lowest BCUT2D eigenvalue weighted by atomic mass is 10.1. The van der Waals surface area contributed by atoms with Crippen LogP contribution in [0.3, 0.4) is 0 Å². The van der Waals surface area contributed by atoms with Crippen LogP contribution in [0.4, 0.5) is 0 Å². The number of hydrogen-bond donors (Lipinski definition) is 1. The SMILES string of the molecule is Cc1ccc(C=CC(=O)NCc2cccc(C(=O)N3CCCCC3)c2)s1. The molecule has 0 atom stereocenters. The van der Waals surface area contributed by atoms with Gasteiger partial charge in [0.15, 0.2) is 0 Å². The summed E-state index contributed by atoms with van der Waals surface area (Å²) in [5.74, 6) is -0.0466. The van der Waals surface area contributed by atoms with Gasteiger partial charge in [-0.25, -0.2) is 0 Å². The van der Waals surface area contributed by atoms with E-state index >= 15 is 0 Å². The first-order valence-electron chi connectivity index (χ1n) is 9.02. The predicted molar refractivity (Wildman–Crippen MR) is 106 cm³/mol. The zero-order valence-electron chi connectivity index (χ0n) is 15.0. The van der Waals surface area contributed by atoms with Crippen molar-refractivity contribution < 1.29 is 9.59 Å². The number of aryl methyl sites for hydroxylation is 1. The number of nitrogens with zero attached hydrogens (tertiary/aromatic N) is 1.